The Bertz CT molecular complexity index is 577. The Balaban J connectivity index is 2.26. The lowest BCUT2D eigenvalue weighted by molar-refractivity contribution is -0.133. The molecule has 1 N–H and O–H groups in total. The maximum absolute atomic E-state index is 10.5. The molecule has 0 radical (unpaired) electrons. The number of carboxylic acid groups (broad SMARTS) is 1. The van der Waals surface area contributed by atoms with Crippen LogP contribution < -0.4 is 0 Å². The quantitative estimate of drug-likeness (QED) is 0.691. The van der Waals surface area contributed by atoms with Gasteiger partial charge in [0.2, 0.25) is 0 Å². The van der Waals surface area contributed by atoms with E-state index in [0.29, 0.717) is 8.29 Å². The van der Waals surface area contributed by atoms with Gasteiger partial charge in [-0.05, 0) is 24.4 Å². The Morgan fingerprint density at radius 2 is 2.18 bits per heavy atom. The number of carboxylic acids is 1. The van der Waals surface area contributed by atoms with Crippen molar-refractivity contribution < 1.29 is 9.90 Å². The summed E-state index contributed by atoms with van der Waals surface area (Å²) in [6, 6.07) is 9.53. The van der Waals surface area contributed by atoms with Crippen molar-refractivity contribution in [3.05, 3.63) is 34.3 Å². The third-order valence-corrected chi connectivity index (χ3v) is 4.20. The molecule has 0 saturated heterocycles. The molecule has 17 heavy (non-hydrogen) atoms. The van der Waals surface area contributed by atoms with Gasteiger partial charge in [0.05, 0.1) is 11.4 Å². The Morgan fingerprint density at radius 3 is 2.82 bits per heavy atom. The van der Waals surface area contributed by atoms with Gasteiger partial charge in [0.15, 0.2) is 8.29 Å². The minimum absolute atomic E-state index is 0.00290. The number of hydrogen-bond acceptors (Lipinski definition) is 5. The average Bonchev–Trinajstić information content (AvgIpc) is 2.69. The molecule has 0 amide bonds. The van der Waals surface area contributed by atoms with Gasteiger partial charge in [-0.25, -0.2) is 4.68 Å². The molecule has 4 nitrogen and oxygen atoms in total. The number of aliphatic carboxylic acids is 1. The molecular weight excluding hydrogens is 276 g/mol. The molecule has 2 aromatic rings. The topological polar surface area (TPSA) is 55.1 Å². The first-order valence-corrected chi connectivity index (χ1v) is 6.88. The van der Waals surface area contributed by atoms with E-state index in [2.05, 4.69) is 5.10 Å². The van der Waals surface area contributed by atoms with Gasteiger partial charge in [0.1, 0.15) is 0 Å². The third kappa shape index (κ3) is 3.15. The lowest BCUT2D eigenvalue weighted by Gasteiger charge is -1.98. The molecule has 0 bridgehead atoms. The molecule has 7 heteroatoms. The third-order valence-electron chi connectivity index (χ3n) is 1.85. The zero-order chi connectivity index (χ0) is 12.3. The molecule has 0 aliphatic rings. The smallest absolute Gasteiger partial charge is 0.313 e. The SMILES string of the molecule is O=C(O)CSc1nn(-c2ccccc2)c(=S)s1. The van der Waals surface area contributed by atoms with E-state index in [0.717, 1.165) is 5.69 Å². The van der Waals surface area contributed by atoms with Crippen LogP contribution in [0.4, 0.5) is 0 Å². The van der Waals surface area contributed by atoms with E-state index in [9.17, 15) is 4.79 Å². The summed E-state index contributed by atoms with van der Waals surface area (Å²) < 4.78 is 2.93. The molecule has 2 rings (SSSR count). The van der Waals surface area contributed by atoms with Gasteiger partial charge >= 0.3 is 5.97 Å². The fraction of sp³-hybridized carbons (Fsp3) is 0.100. The standard InChI is InChI=1S/C10H8N2O2S3/c13-8(14)6-16-9-11-12(10(15)17-9)7-4-2-1-3-5-7/h1-5H,6H2,(H,13,14). The predicted octanol–water partition coefficient (Wildman–Crippen LogP) is 2.84. The molecule has 0 unspecified atom stereocenters. The lowest BCUT2D eigenvalue weighted by Crippen LogP contribution is -1.98. The van der Waals surface area contributed by atoms with Crippen molar-refractivity contribution in [2.24, 2.45) is 0 Å². The van der Waals surface area contributed by atoms with Crippen LogP contribution in [0.15, 0.2) is 34.7 Å². The second kappa shape index (κ2) is 5.44. The average molecular weight is 284 g/mol. The molecule has 0 atom stereocenters. The molecule has 0 aliphatic carbocycles. The van der Waals surface area contributed by atoms with Crippen molar-refractivity contribution >= 4 is 41.3 Å². The van der Waals surface area contributed by atoms with Crippen molar-refractivity contribution in [3.63, 3.8) is 0 Å². The highest BCUT2D eigenvalue weighted by atomic mass is 32.2. The zero-order valence-electron chi connectivity index (χ0n) is 8.57. The van der Waals surface area contributed by atoms with Crippen molar-refractivity contribution in [2.45, 2.75) is 4.34 Å². The highest BCUT2D eigenvalue weighted by Crippen LogP contribution is 2.23. The molecule has 0 saturated carbocycles. The van der Waals surface area contributed by atoms with E-state index in [1.54, 1.807) is 4.68 Å². The number of thioether (sulfide) groups is 1. The molecule has 1 aromatic carbocycles. The van der Waals surface area contributed by atoms with Gasteiger partial charge < -0.3 is 5.11 Å². The number of hydrogen-bond donors (Lipinski definition) is 1. The fourth-order valence-electron chi connectivity index (χ4n) is 1.17. The van der Waals surface area contributed by atoms with Gasteiger partial charge in [-0.3, -0.25) is 4.79 Å². The van der Waals surface area contributed by atoms with Crippen LogP contribution in [0, 0.1) is 3.95 Å². The van der Waals surface area contributed by atoms with E-state index < -0.39 is 5.97 Å². The van der Waals surface area contributed by atoms with Gasteiger partial charge in [0.25, 0.3) is 0 Å². The van der Waals surface area contributed by atoms with Gasteiger partial charge in [0, 0.05) is 0 Å². The molecular formula is C10H8N2O2S3. The fourth-order valence-corrected chi connectivity index (χ4v) is 3.26. The van der Waals surface area contributed by atoms with Crippen molar-refractivity contribution in [3.8, 4) is 5.69 Å². The van der Waals surface area contributed by atoms with E-state index in [-0.39, 0.29) is 5.75 Å². The van der Waals surface area contributed by atoms with Crippen LogP contribution in [0.5, 0.6) is 0 Å². The number of nitrogens with zero attached hydrogens (tertiary/aromatic N) is 2. The van der Waals surface area contributed by atoms with E-state index in [1.807, 2.05) is 30.3 Å². The Morgan fingerprint density at radius 1 is 1.47 bits per heavy atom. The van der Waals surface area contributed by atoms with E-state index in [4.69, 9.17) is 17.3 Å². The summed E-state index contributed by atoms with van der Waals surface area (Å²) in [7, 11) is 0. The zero-order valence-corrected chi connectivity index (χ0v) is 11.0. The summed E-state index contributed by atoms with van der Waals surface area (Å²) >= 11 is 7.69. The molecule has 0 aliphatic heterocycles. The normalized spacial score (nSPS) is 10.4. The van der Waals surface area contributed by atoms with E-state index >= 15 is 0 Å². The first-order chi connectivity index (χ1) is 8.16. The van der Waals surface area contributed by atoms with Crippen LogP contribution in [0.3, 0.4) is 0 Å². The van der Waals surface area contributed by atoms with Crippen LogP contribution >= 0.6 is 35.3 Å². The van der Waals surface area contributed by atoms with Crippen LogP contribution in [0.2, 0.25) is 0 Å². The highest BCUT2D eigenvalue weighted by Gasteiger charge is 2.07. The molecule has 0 fully saturated rings. The largest absolute Gasteiger partial charge is 0.481 e. The molecule has 1 heterocycles. The minimum Gasteiger partial charge on any atom is -0.481 e. The Labute approximate surface area is 111 Å². The summed E-state index contributed by atoms with van der Waals surface area (Å²) in [6.07, 6.45) is 0. The predicted molar refractivity (Wildman–Crippen MR) is 70.6 cm³/mol. The Kier molecular flexibility index (Phi) is 3.93. The number of benzene rings is 1. The number of carbonyl (C=O) groups is 1. The maximum atomic E-state index is 10.5. The summed E-state index contributed by atoms with van der Waals surface area (Å²) in [6.45, 7) is 0. The summed E-state index contributed by atoms with van der Waals surface area (Å²) in [5.41, 5.74) is 0.885. The second-order valence-electron chi connectivity index (χ2n) is 3.06. The van der Waals surface area contributed by atoms with Crippen molar-refractivity contribution in [1.29, 1.82) is 0 Å². The summed E-state index contributed by atoms with van der Waals surface area (Å²) in [4.78, 5) is 10.5. The molecule has 1 aromatic heterocycles. The number of para-hydroxylation sites is 1. The van der Waals surface area contributed by atoms with Gasteiger partial charge in [-0.2, -0.15) is 0 Å². The maximum Gasteiger partial charge on any atom is 0.313 e. The van der Waals surface area contributed by atoms with Gasteiger partial charge in [-0.15, -0.1) is 5.10 Å². The van der Waals surface area contributed by atoms with Crippen LogP contribution in [0.1, 0.15) is 0 Å². The number of aromatic nitrogens is 2. The minimum atomic E-state index is -0.859. The van der Waals surface area contributed by atoms with Crippen molar-refractivity contribution in [1.82, 2.24) is 9.78 Å². The first kappa shape index (κ1) is 12.3. The van der Waals surface area contributed by atoms with Crippen LogP contribution in [-0.4, -0.2) is 26.6 Å². The summed E-state index contributed by atoms with van der Waals surface area (Å²) in [5.74, 6) is -0.862. The van der Waals surface area contributed by atoms with E-state index in [1.165, 1.54) is 23.1 Å². The first-order valence-electron chi connectivity index (χ1n) is 4.67. The molecule has 0 spiro atoms. The monoisotopic (exact) mass is 284 g/mol. The van der Waals surface area contributed by atoms with Crippen LogP contribution in [0.25, 0.3) is 5.69 Å². The highest BCUT2D eigenvalue weighted by molar-refractivity contribution is 8.01. The second-order valence-corrected chi connectivity index (χ2v) is 5.91. The van der Waals surface area contributed by atoms with Crippen molar-refractivity contribution in [2.75, 3.05) is 5.75 Å². The summed E-state index contributed by atoms with van der Waals surface area (Å²) in [5, 5.41) is 12.9. The number of rotatable bonds is 4. The Hall–Kier alpha value is -1.18. The lowest BCUT2D eigenvalue weighted by atomic mass is 10.3. The van der Waals surface area contributed by atoms with Crippen LogP contribution in [-0.2, 0) is 4.79 Å². The molecule has 88 valence electrons. The van der Waals surface area contributed by atoms with Gasteiger partial charge in [-0.1, -0.05) is 41.3 Å².